The molecular formula is C14H13ClN2OS. The van der Waals surface area contributed by atoms with E-state index < -0.39 is 0 Å². The topological polar surface area (TPSA) is 42.0 Å². The van der Waals surface area contributed by atoms with Crippen LogP contribution in [-0.2, 0) is 0 Å². The van der Waals surface area contributed by atoms with Crippen LogP contribution >= 0.6 is 23.4 Å². The van der Waals surface area contributed by atoms with Crippen molar-refractivity contribution in [3.05, 3.63) is 41.2 Å². The largest absolute Gasteiger partial charge is 0.347 e. The molecule has 19 heavy (non-hydrogen) atoms. The van der Waals surface area contributed by atoms with Gasteiger partial charge in [0, 0.05) is 17.2 Å². The monoisotopic (exact) mass is 292 g/mol. The fourth-order valence-corrected chi connectivity index (χ4v) is 3.60. The molecule has 1 amide bonds. The fraction of sp³-hybridized carbons (Fsp3) is 0.286. The van der Waals surface area contributed by atoms with E-state index in [0.717, 1.165) is 28.7 Å². The van der Waals surface area contributed by atoms with Gasteiger partial charge in [0.05, 0.1) is 0 Å². The summed E-state index contributed by atoms with van der Waals surface area (Å²) in [7, 11) is 0. The lowest BCUT2D eigenvalue weighted by atomic mass is 10.1. The molecule has 1 aromatic heterocycles. The molecule has 1 aromatic carbocycles. The molecule has 1 N–H and O–H groups in total. The predicted molar refractivity (Wildman–Crippen MR) is 79.9 cm³/mol. The molecular weight excluding hydrogens is 280 g/mol. The number of halogens is 1. The number of carbonyl (C=O) groups is 1. The molecule has 2 heterocycles. The van der Waals surface area contributed by atoms with E-state index in [1.165, 1.54) is 0 Å². The number of thioether (sulfide) groups is 1. The van der Waals surface area contributed by atoms with Gasteiger partial charge in [-0.1, -0.05) is 35.9 Å². The third-order valence-electron chi connectivity index (χ3n) is 3.19. The summed E-state index contributed by atoms with van der Waals surface area (Å²) in [5, 5.41) is 5.20. The number of nitrogens with one attached hydrogen (secondary N) is 1. The zero-order chi connectivity index (χ0) is 13.2. The van der Waals surface area contributed by atoms with Crippen molar-refractivity contribution in [2.45, 2.75) is 12.5 Å². The van der Waals surface area contributed by atoms with Crippen LogP contribution in [0.5, 0.6) is 0 Å². The highest BCUT2D eigenvalue weighted by atomic mass is 35.5. The van der Waals surface area contributed by atoms with Crippen LogP contribution in [0.4, 0.5) is 0 Å². The van der Waals surface area contributed by atoms with Gasteiger partial charge in [0.1, 0.15) is 10.8 Å². The number of pyridine rings is 1. The Bertz CT molecular complexity index is 626. The quantitative estimate of drug-likeness (QED) is 0.865. The molecule has 0 bridgehead atoms. The number of rotatable bonds is 2. The van der Waals surface area contributed by atoms with Crippen LogP contribution < -0.4 is 5.32 Å². The van der Waals surface area contributed by atoms with Gasteiger partial charge in [-0.05, 0) is 23.6 Å². The molecule has 1 saturated heterocycles. The van der Waals surface area contributed by atoms with Crippen LogP contribution in [0.15, 0.2) is 30.3 Å². The Hall–Kier alpha value is -1.26. The number of amides is 1. The first-order valence-corrected chi connectivity index (χ1v) is 7.71. The van der Waals surface area contributed by atoms with E-state index in [4.69, 9.17) is 11.6 Å². The first-order chi connectivity index (χ1) is 9.24. The molecule has 0 radical (unpaired) electrons. The average molecular weight is 293 g/mol. The van der Waals surface area contributed by atoms with Crippen LogP contribution in [0, 0.1) is 0 Å². The van der Waals surface area contributed by atoms with Gasteiger partial charge in [0.25, 0.3) is 5.91 Å². The minimum absolute atomic E-state index is 0.139. The highest BCUT2D eigenvalue weighted by Crippen LogP contribution is 2.23. The molecule has 1 aliphatic rings. The molecule has 0 aliphatic carbocycles. The van der Waals surface area contributed by atoms with Gasteiger partial charge in [-0.25, -0.2) is 4.98 Å². The van der Waals surface area contributed by atoms with E-state index in [9.17, 15) is 4.79 Å². The first kappa shape index (κ1) is 12.8. The Morgan fingerprint density at radius 2 is 2.26 bits per heavy atom. The lowest BCUT2D eigenvalue weighted by molar-refractivity contribution is 0.0936. The zero-order valence-corrected chi connectivity index (χ0v) is 11.8. The van der Waals surface area contributed by atoms with E-state index >= 15 is 0 Å². The molecule has 1 unspecified atom stereocenters. The Balaban J connectivity index is 1.89. The first-order valence-electron chi connectivity index (χ1n) is 6.18. The predicted octanol–water partition coefficient (Wildman–Crippen LogP) is 3.12. The number of carbonyl (C=O) groups excluding carboxylic acids is 1. The van der Waals surface area contributed by atoms with Crippen molar-refractivity contribution in [2.24, 2.45) is 0 Å². The van der Waals surface area contributed by atoms with E-state index in [1.54, 1.807) is 6.07 Å². The molecule has 2 aromatic rings. The number of benzene rings is 1. The normalized spacial score (nSPS) is 18.7. The van der Waals surface area contributed by atoms with Gasteiger partial charge in [0.2, 0.25) is 0 Å². The van der Waals surface area contributed by atoms with Crippen molar-refractivity contribution in [2.75, 3.05) is 11.5 Å². The van der Waals surface area contributed by atoms with E-state index in [1.807, 2.05) is 36.0 Å². The van der Waals surface area contributed by atoms with Gasteiger partial charge >= 0.3 is 0 Å². The van der Waals surface area contributed by atoms with Crippen molar-refractivity contribution in [1.82, 2.24) is 10.3 Å². The maximum Gasteiger partial charge on any atom is 0.270 e. The minimum atomic E-state index is -0.139. The van der Waals surface area contributed by atoms with Gasteiger partial charge in [-0.3, -0.25) is 4.79 Å². The summed E-state index contributed by atoms with van der Waals surface area (Å²) >= 11 is 7.99. The highest BCUT2D eigenvalue weighted by Gasteiger charge is 2.19. The summed E-state index contributed by atoms with van der Waals surface area (Å²) in [5.41, 5.74) is 0.389. The third-order valence-corrected chi connectivity index (χ3v) is 4.64. The van der Waals surface area contributed by atoms with Gasteiger partial charge in [-0.15, -0.1) is 0 Å². The van der Waals surface area contributed by atoms with Crippen LogP contribution in [-0.4, -0.2) is 28.4 Å². The van der Waals surface area contributed by atoms with E-state index in [-0.39, 0.29) is 11.9 Å². The van der Waals surface area contributed by atoms with Crippen molar-refractivity contribution < 1.29 is 4.79 Å². The van der Waals surface area contributed by atoms with Crippen LogP contribution in [0.2, 0.25) is 5.15 Å². The molecule has 98 valence electrons. The zero-order valence-electron chi connectivity index (χ0n) is 10.2. The van der Waals surface area contributed by atoms with Crippen molar-refractivity contribution in [1.29, 1.82) is 0 Å². The minimum Gasteiger partial charge on any atom is -0.347 e. The summed E-state index contributed by atoms with van der Waals surface area (Å²) in [6, 6.07) is 9.72. The number of fused-ring (bicyclic) bond motifs is 1. The smallest absolute Gasteiger partial charge is 0.270 e. The Labute approximate surface area is 120 Å². The summed E-state index contributed by atoms with van der Waals surface area (Å²) < 4.78 is 0. The Kier molecular flexibility index (Phi) is 3.62. The fourth-order valence-electron chi connectivity index (χ4n) is 2.18. The second-order valence-electron chi connectivity index (χ2n) is 4.55. The average Bonchev–Trinajstić information content (AvgIpc) is 2.91. The van der Waals surface area contributed by atoms with Crippen molar-refractivity contribution >= 4 is 40.0 Å². The van der Waals surface area contributed by atoms with Gasteiger partial charge in [-0.2, -0.15) is 11.8 Å². The Morgan fingerprint density at radius 1 is 1.42 bits per heavy atom. The Morgan fingerprint density at radius 3 is 3.05 bits per heavy atom. The van der Waals surface area contributed by atoms with Crippen LogP contribution in [0.1, 0.15) is 16.9 Å². The molecule has 3 nitrogen and oxygen atoms in total. The lowest BCUT2D eigenvalue weighted by Gasteiger charge is -2.11. The van der Waals surface area contributed by atoms with Crippen molar-refractivity contribution in [3.63, 3.8) is 0 Å². The molecule has 0 spiro atoms. The number of hydrogen-bond donors (Lipinski definition) is 1. The summed E-state index contributed by atoms with van der Waals surface area (Å²) in [5.74, 6) is 1.95. The maximum atomic E-state index is 12.2. The number of nitrogens with zero attached hydrogens (tertiary/aromatic N) is 1. The summed E-state index contributed by atoms with van der Waals surface area (Å²) in [4.78, 5) is 16.3. The molecule has 0 saturated carbocycles. The third kappa shape index (κ3) is 2.69. The van der Waals surface area contributed by atoms with Gasteiger partial charge < -0.3 is 5.32 Å². The van der Waals surface area contributed by atoms with E-state index in [2.05, 4.69) is 10.3 Å². The standard InChI is InChI=1S/C14H13ClN2OS/c15-13-11-4-2-1-3-9(11)7-12(17-13)14(18)16-10-5-6-19-8-10/h1-4,7,10H,5-6,8H2,(H,16,18). The second-order valence-corrected chi connectivity index (χ2v) is 6.06. The molecule has 3 rings (SSSR count). The van der Waals surface area contributed by atoms with Crippen LogP contribution in [0.3, 0.4) is 0 Å². The van der Waals surface area contributed by atoms with Gasteiger partial charge in [0.15, 0.2) is 0 Å². The lowest BCUT2D eigenvalue weighted by Crippen LogP contribution is -2.35. The maximum absolute atomic E-state index is 12.2. The SMILES string of the molecule is O=C(NC1CCSC1)c1cc2ccccc2c(Cl)n1. The number of aromatic nitrogens is 1. The molecule has 1 fully saturated rings. The second kappa shape index (κ2) is 5.39. The summed E-state index contributed by atoms with van der Waals surface area (Å²) in [6.07, 6.45) is 1.03. The highest BCUT2D eigenvalue weighted by molar-refractivity contribution is 7.99. The summed E-state index contributed by atoms with van der Waals surface area (Å²) in [6.45, 7) is 0. The van der Waals surface area contributed by atoms with Crippen LogP contribution in [0.25, 0.3) is 10.8 Å². The molecule has 5 heteroatoms. The molecule has 1 atom stereocenters. The van der Waals surface area contributed by atoms with E-state index in [0.29, 0.717) is 10.8 Å². The molecule has 1 aliphatic heterocycles. The number of hydrogen-bond acceptors (Lipinski definition) is 3. The van der Waals surface area contributed by atoms with Crippen molar-refractivity contribution in [3.8, 4) is 0 Å².